The highest BCUT2D eigenvalue weighted by atomic mass is 16.3. The Morgan fingerprint density at radius 1 is 1.29 bits per heavy atom. The van der Waals surface area contributed by atoms with Gasteiger partial charge >= 0.3 is 0 Å². The molecule has 2 N–H and O–H groups in total. The van der Waals surface area contributed by atoms with Crippen molar-refractivity contribution in [2.45, 2.75) is 6.61 Å². The van der Waals surface area contributed by atoms with Crippen LogP contribution in [0.2, 0.25) is 0 Å². The molecule has 6 heteroatoms. The average Bonchev–Trinajstić information content (AvgIpc) is 3.25. The summed E-state index contributed by atoms with van der Waals surface area (Å²) in [4.78, 5) is 26.8. The van der Waals surface area contributed by atoms with Crippen molar-refractivity contribution < 1.29 is 19.8 Å². The standard InChI is InChI=1S/C15H16N2O4/c1-16-10(3-2-6-18)9(8-19)13-14(16)12(20)7-11(15(13)21)17-4-5-17/h2-3,7,18-19H,4-6,8H2,1H3. The second-order valence-electron chi connectivity index (χ2n) is 5.10. The van der Waals surface area contributed by atoms with Crippen molar-refractivity contribution in [1.29, 1.82) is 0 Å². The number of hydrogen-bond acceptors (Lipinski definition) is 5. The minimum Gasteiger partial charge on any atom is -0.392 e. The molecule has 2 heterocycles. The first kappa shape index (κ1) is 13.8. The van der Waals surface area contributed by atoms with Crippen LogP contribution in [0.4, 0.5) is 0 Å². The molecule has 0 unspecified atom stereocenters. The van der Waals surface area contributed by atoms with Gasteiger partial charge in [-0.3, -0.25) is 9.59 Å². The maximum absolute atomic E-state index is 12.6. The second-order valence-corrected chi connectivity index (χ2v) is 5.10. The van der Waals surface area contributed by atoms with Crippen LogP contribution in [0.25, 0.3) is 6.08 Å². The summed E-state index contributed by atoms with van der Waals surface area (Å²) in [5.41, 5.74) is 1.99. The normalized spacial score (nSPS) is 17.5. The SMILES string of the molecule is Cn1c(C=CCO)c(CO)c2c1C(=O)C=C(N1CC1)C2=O. The predicted octanol–water partition coefficient (Wildman–Crippen LogP) is 0.101. The molecule has 0 aromatic carbocycles. The quantitative estimate of drug-likeness (QED) is 0.768. The minimum absolute atomic E-state index is 0.153. The molecule has 0 amide bonds. The van der Waals surface area contributed by atoms with Gasteiger partial charge in [0.1, 0.15) is 5.69 Å². The third-order valence-electron chi connectivity index (χ3n) is 3.83. The zero-order chi connectivity index (χ0) is 15.1. The number of nitrogens with zero attached hydrogens (tertiary/aromatic N) is 2. The van der Waals surface area contributed by atoms with E-state index in [9.17, 15) is 14.7 Å². The third-order valence-corrected chi connectivity index (χ3v) is 3.83. The third kappa shape index (κ3) is 2.03. The Labute approximate surface area is 121 Å². The number of Topliss-reactive ketones (excluding diaryl/α,β-unsaturated/α-hetero) is 1. The number of aliphatic hydroxyl groups excluding tert-OH is 2. The van der Waals surface area contributed by atoms with E-state index in [2.05, 4.69) is 0 Å². The molecule has 3 rings (SSSR count). The summed E-state index contributed by atoms with van der Waals surface area (Å²) in [6.07, 6.45) is 4.49. The van der Waals surface area contributed by atoms with E-state index < -0.39 is 0 Å². The zero-order valence-electron chi connectivity index (χ0n) is 11.7. The average molecular weight is 288 g/mol. The van der Waals surface area contributed by atoms with Crippen LogP contribution >= 0.6 is 0 Å². The van der Waals surface area contributed by atoms with Crippen molar-refractivity contribution in [2.75, 3.05) is 19.7 Å². The van der Waals surface area contributed by atoms with Crippen LogP contribution in [-0.2, 0) is 13.7 Å². The second kappa shape index (κ2) is 4.98. The van der Waals surface area contributed by atoms with Crippen molar-refractivity contribution in [3.63, 3.8) is 0 Å². The van der Waals surface area contributed by atoms with Gasteiger partial charge in [-0.15, -0.1) is 0 Å². The van der Waals surface area contributed by atoms with Gasteiger partial charge in [0.2, 0.25) is 11.6 Å². The van der Waals surface area contributed by atoms with Crippen molar-refractivity contribution in [3.8, 4) is 0 Å². The number of aromatic nitrogens is 1. The van der Waals surface area contributed by atoms with Gasteiger partial charge in [0.25, 0.3) is 0 Å². The lowest BCUT2D eigenvalue weighted by Gasteiger charge is -2.14. The topological polar surface area (TPSA) is 82.5 Å². The Hall–Kier alpha value is -2.18. The smallest absolute Gasteiger partial charge is 0.211 e. The van der Waals surface area contributed by atoms with Gasteiger partial charge in [-0.25, -0.2) is 0 Å². The van der Waals surface area contributed by atoms with Gasteiger partial charge in [-0.05, 0) is 6.08 Å². The highest BCUT2D eigenvalue weighted by molar-refractivity contribution is 6.25. The maximum atomic E-state index is 12.6. The first-order chi connectivity index (χ1) is 10.1. The lowest BCUT2D eigenvalue weighted by atomic mass is 9.95. The maximum Gasteiger partial charge on any atom is 0.211 e. The highest BCUT2D eigenvalue weighted by Crippen LogP contribution is 2.33. The number of allylic oxidation sites excluding steroid dienone is 2. The number of fused-ring (bicyclic) bond motifs is 1. The Morgan fingerprint density at radius 2 is 2.00 bits per heavy atom. The fourth-order valence-electron chi connectivity index (χ4n) is 2.74. The summed E-state index contributed by atoms with van der Waals surface area (Å²) in [5, 5.41) is 18.5. The van der Waals surface area contributed by atoms with Gasteiger partial charge in [-0.1, -0.05) is 6.08 Å². The lowest BCUT2D eigenvalue weighted by molar-refractivity contribution is 0.0964. The number of hydrogen-bond donors (Lipinski definition) is 2. The van der Waals surface area contributed by atoms with Gasteiger partial charge in [0.15, 0.2) is 0 Å². The number of rotatable bonds is 4. The summed E-state index contributed by atoms with van der Waals surface area (Å²) >= 11 is 0. The number of ketones is 2. The minimum atomic E-state index is -0.333. The van der Waals surface area contributed by atoms with E-state index in [0.29, 0.717) is 22.6 Å². The van der Waals surface area contributed by atoms with Crippen molar-refractivity contribution in [3.05, 3.63) is 40.4 Å². The van der Waals surface area contributed by atoms with Gasteiger partial charge < -0.3 is 19.7 Å². The molecule has 110 valence electrons. The molecule has 0 saturated carbocycles. The largest absolute Gasteiger partial charge is 0.392 e. The molecule has 1 aromatic heterocycles. The first-order valence-electron chi connectivity index (χ1n) is 6.75. The Bertz CT molecular complexity index is 693. The van der Waals surface area contributed by atoms with Crippen LogP contribution in [0, 0.1) is 0 Å². The van der Waals surface area contributed by atoms with Crippen LogP contribution in [0.5, 0.6) is 0 Å². The summed E-state index contributed by atoms with van der Waals surface area (Å²) in [5.74, 6) is -0.447. The molecular weight excluding hydrogens is 272 g/mol. The molecule has 1 aliphatic carbocycles. The van der Waals surface area contributed by atoms with Gasteiger partial charge in [0.05, 0.1) is 24.5 Å². The van der Waals surface area contributed by atoms with E-state index in [1.807, 2.05) is 4.90 Å². The summed E-state index contributed by atoms with van der Waals surface area (Å²) in [6.45, 7) is 1.07. The molecule has 1 saturated heterocycles. The summed E-state index contributed by atoms with van der Waals surface area (Å²) in [6, 6.07) is 0. The van der Waals surface area contributed by atoms with Gasteiger partial charge in [-0.2, -0.15) is 0 Å². The molecule has 0 radical (unpaired) electrons. The predicted molar refractivity (Wildman–Crippen MR) is 75.8 cm³/mol. The molecule has 1 aromatic rings. The Morgan fingerprint density at radius 3 is 2.57 bits per heavy atom. The number of carbonyl (C=O) groups is 2. The van der Waals surface area contributed by atoms with Crippen LogP contribution < -0.4 is 0 Å². The summed E-state index contributed by atoms with van der Waals surface area (Å²) in [7, 11) is 1.68. The van der Waals surface area contributed by atoms with E-state index >= 15 is 0 Å². The molecule has 1 aliphatic heterocycles. The molecule has 2 aliphatic rings. The molecule has 6 nitrogen and oxygen atoms in total. The fourth-order valence-corrected chi connectivity index (χ4v) is 2.74. The molecular formula is C15H16N2O4. The first-order valence-corrected chi connectivity index (χ1v) is 6.75. The lowest BCUT2D eigenvalue weighted by Crippen LogP contribution is -2.22. The van der Waals surface area contributed by atoms with E-state index in [-0.39, 0.29) is 30.3 Å². The monoisotopic (exact) mass is 288 g/mol. The highest BCUT2D eigenvalue weighted by Gasteiger charge is 2.37. The Kier molecular flexibility index (Phi) is 3.27. The van der Waals surface area contributed by atoms with Crippen molar-refractivity contribution in [1.82, 2.24) is 9.47 Å². The van der Waals surface area contributed by atoms with E-state index in [4.69, 9.17) is 5.11 Å². The van der Waals surface area contributed by atoms with Crippen molar-refractivity contribution >= 4 is 17.6 Å². The summed E-state index contributed by atoms with van der Waals surface area (Å²) < 4.78 is 1.60. The van der Waals surface area contributed by atoms with Crippen LogP contribution in [0.1, 0.15) is 32.1 Å². The molecule has 1 fully saturated rings. The van der Waals surface area contributed by atoms with E-state index in [0.717, 1.165) is 13.1 Å². The number of aliphatic hydroxyl groups is 2. The fraction of sp³-hybridized carbons (Fsp3) is 0.333. The van der Waals surface area contributed by atoms with Crippen LogP contribution in [-0.4, -0.2) is 50.9 Å². The molecule has 0 atom stereocenters. The van der Waals surface area contributed by atoms with Crippen LogP contribution in [0.15, 0.2) is 17.8 Å². The molecule has 0 bridgehead atoms. The van der Waals surface area contributed by atoms with Crippen LogP contribution in [0.3, 0.4) is 0 Å². The number of carbonyl (C=O) groups excluding carboxylic acids is 2. The van der Waals surface area contributed by atoms with Gasteiger partial charge in [0, 0.05) is 37.5 Å². The van der Waals surface area contributed by atoms with E-state index in [1.54, 1.807) is 17.7 Å². The van der Waals surface area contributed by atoms with E-state index in [1.165, 1.54) is 12.2 Å². The molecule has 0 spiro atoms. The zero-order valence-corrected chi connectivity index (χ0v) is 11.7. The van der Waals surface area contributed by atoms with Crippen molar-refractivity contribution in [2.24, 2.45) is 7.05 Å². The molecule has 21 heavy (non-hydrogen) atoms. The Balaban J connectivity index is 2.19.